The van der Waals surface area contributed by atoms with Gasteiger partial charge in [-0.05, 0) is 40.6 Å². The highest BCUT2D eigenvalue weighted by Crippen LogP contribution is 2.32. The van der Waals surface area contributed by atoms with E-state index in [1.165, 1.54) is 0 Å². The first kappa shape index (κ1) is 17.2. The highest BCUT2D eigenvalue weighted by molar-refractivity contribution is 9.10. The Labute approximate surface area is 136 Å². The molecule has 0 spiro atoms. The molecule has 0 aliphatic heterocycles. The van der Waals surface area contributed by atoms with Crippen LogP contribution in [-0.4, -0.2) is 25.5 Å². The van der Waals surface area contributed by atoms with Crippen LogP contribution >= 0.6 is 27.7 Å². The number of sulfonamides is 1. The molecule has 2 rings (SSSR count). The first-order chi connectivity index (χ1) is 9.85. The van der Waals surface area contributed by atoms with Gasteiger partial charge in [-0.2, -0.15) is 11.8 Å². The summed E-state index contributed by atoms with van der Waals surface area (Å²) in [6, 6.07) is 1.31. The van der Waals surface area contributed by atoms with Crippen LogP contribution in [0.2, 0.25) is 0 Å². The molecule has 0 aromatic heterocycles. The average Bonchev–Trinajstić information content (AvgIpc) is 2.74. The largest absolute Gasteiger partial charge is 0.244 e. The third kappa shape index (κ3) is 3.97. The van der Waals surface area contributed by atoms with E-state index in [4.69, 9.17) is 0 Å². The molecule has 2 unspecified atom stereocenters. The fraction of sp³-hybridized carbons (Fsp3) is 0.538. The van der Waals surface area contributed by atoms with E-state index in [1.54, 1.807) is 11.8 Å². The predicted octanol–water partition coefficient (Wildman–Crippen LogP) is 3.68. The Bertz CT molecular complexity index is 602. The van der Waals surface area contributed by atoms with E-state index >= 15 is 0 Å². The van der Waals surface area contributed by atoms with Crippen LogP contribution in [-0.2, 0) is 10.0 Å². The number of halogens is 3. The Kier molecular flexibility index (Phi) is 5.67. The molecule has 3 nitrogen and oxygen atoms in total. The van der Waals surface area contributed by atoms with Gasteiger partial charge < -0.3 is 0 Å². The summed E-state index contributed by atoms with van der Waals surface area (Å²) in [5.74, 6) is -1.01. The molecule has 0 amide bonds. The van der Waals surface area contributed by atoms with Crippen LogP contribution < -0.4 is 4.72 Å². The van der Waals surface area contributed by atoms with E-state index in [0.717, 1.165) is 31.1 Å². The van der Waals surface area contributed by atoms with Crippen LogP contribution in [0.25, 0.3) is 0 Å². The van der Waals surface area contributed by atoms with Crippen LogP contribution in [0.15, 0.2) is 21.5 Å². The molecule has 2 atom stereocenters. The van der Waals surface area contributed by atoms with Crippen molar-refractivity contribution >= 4 is 37.7 Å². The summed E-state index contributed by atoms with van der Waals surface area (Å²) in [6.45, 7) is 2.02. The van der Waals surface area contributed by atoms with Gasteiger partial charge in [0.25, 0.3) is 0 Å². The predicted molar refractivity (Wildman–Crippen MR) is 83.9 cm³/mol. The summed E-state index contributed by atoms with van der Waals surface area (Å²) in [6.07, 6.45) is 2.62. The second-order valence-corrected chi connectivity index (χ2v) is 8.87. The molecule has 8 heteroatoms. The minimum atomic E-state index is -4.02. The van der Waals surface area contributed by atoms with Crippen molar-refractivity contribution in [1.82, 2.24) is 4.72 Å². The summed E-state index contributed by atoms with van der Waals surface area (Å²) in [7, 11) is -4.02. The first-order valence-corrected chi connectivity index (χ1v) is 9.96. The number of benzene rings is 1. The van der Waals surface area contributed by atoms with Gasteiger partial charge in [-0.25, -0.2) is 21.9 Å². The van der Waals surface area contributed by atoms with Crippen molar-refractivity contribution in [2.75, 3.05) is 5.75 Å². The van der Waals surface area contributed by atoms with Gasteiger partial charge in [0.1, 0.15) is 16.5 Å². The third-order valence-electron chi connectivity index (χ3n) is 3.37. The molecule has 1 N–H and O–H groups in total. The molecule has 1 aromatic rings. The number of hydrogen-bond acceptors (Lipinski definition) is 3. The van der Waals surface area contributed by atoms with Crippen LogP contribution in [0.3, 0.4) is 0 Å². The molecule has 118 valence electrons. The summed E-state index contributed by atoms with van der Waals surface area (Å²) >= 11 is 4.63. The van der Waals surface area contributed by atoms with E-state index in [9.17, 15) is 17.2 Å². The van der Waals surface area contributed by atoms with E-state index < -0.39 is 26.6 Å². The maximum absolute atomic E-state index is 13.8. The van der Waals surface area contributed by atoms with Gasteiger partial charge in [0, 0.05) is 21.8 Å². The van der Waals surface area contributed by atoms with Crippen LogP contribution in [0, 0.1) is 11.6 Å². The smallest absolute Gasteiger partial charge is 0.207 e. The Morgan fingerprint density at radius 3 is 2.71 bits per heavy atom. The average molecular weight is 400 g/mol. The van der Waals surface area contributed by atoms with Gasteiger partial charge >= 0.3 is 0 Å². The van der Waals surface area contributed by atoms with Crippen molar-refractivity contribution in [3.8, 4) is 0 Å². The summed E-state index contributed by atoms with van der Waals surface area (Å²) in [5.41, 5.74) is 0. The molecule has 0 heterocycles. The zero-order valence-electron chi connectivity index (χ0n) is 11.4. The lowest BCUT2D eigenvalue weighted by Gasteiger charge is -2.20. The van der Waals surface area contributed by atoms with Crippen molar-refractivity contribution in [1.29, 1.82) is 0 Å². The lowest BCUT2D eigenvalue weighted by Crippen LogP contribution is -2.39. The first-order valence-electron chi connectivity index (χ1n) is 6.63. The van der Waals surface area contributed by atoms with Gasteiger partial charge in [-0.15, -0.1) is 0 Å². The monoisotopic (exact) mass is 399 g/mol. The van der Waals surface area contributed by atoms with E-state index in [0.29, 0.717) is 6.07 Å². The van der Waals surface area contributed by atoms with Gasteiger partial charge in [-0.1, -0.05) is 13.3 Å². The maximum Gasteiger partial charge on any atom is 0.244 e. The molecule has 1 fully saturated rings. The minimum absolute atomic E-state index is 0.106. The van der Waals surface area contributed by atoms with Gasteiger partial charge in [0.2, 0.25) is 10.0 Å². The molecular formula is C13H16BrF2NO2S2. The zero-order valence-corrected chi connectivity index (χ0v) is 14.6. The normalized spacial score (nSPS) is 22.7. The number of nitrogens with one attached hydrogen (secondary N) is 1. The lowest BCUT2D eigenvalue weighted by atomic mass is 10.3. The number of rotatable bonds is 5. The molecule has 1 aliphatic carbocycles. The van der Waals surface area contributed by atoms with Gasteiger partial charge in [-0.3, -0.25) is 0 Å². The Morgan fingerprint density at radius 2 is 2.10 bits per heavy atom. The quantitative estimate of drug-likeness (QED) is 0.821. The summed E-state index contributed by atoms with van der Waals surface area (Å²) < 4.78 is 54.1. The maximum atomic E-state index is 13.8. The number of thioether (sulfide) groups is 1. The van der Waals surface area contributed by atoms with Crippen molar-refractivity contribution in [2.45, 2.75) is 42.4 Å². The molecule has 1 aliphatic rings. The fourth-order valence-corrected chi connectivity index (χ4v) is 6.28. The molecular weight excluding hydrogens is 384 g/mol. The molecule has 0 radical (unpaired) electrons. The second-order valence-electron chi connectivity index (χ2n) is 4.85. The van der Waals surface area contributed by atoms with E-state index in [-0.39, 0.29) is 15.8 Å². The standard InChI is InChI=1S/C13H16BrF2NO2S2/c1-2-20-12-5-3-4-11(12)17-21(18,19)13-9(14)6-8(15)7-10(13)16/h6-7,11-12,17H,2-5H2,1H3. The SMILES string of the molecule is CCSC1CCCC1NS(=O)(=O)c1c(F)cc(F)cc1Br. The fourth-order valence-electron chi connectivity index (χ4n) is 2.52. The Balaban J connectivity index is 2.27. The Morgan fingerprint density at radius 1 is 1.38 bits per heavy atom. The van der Waals surface area contributed by atoms with Crippen LogP contribution in [0.1, 0.15) is 26.2 Å². The van der Waals surface area contributed by atoms with Crippen LogP contribution in [0.4, 0.5) is 8.78 Å². The van der Waals surface area contributed by atoms with Gasteiger partial charge in [0.15, 0.2) is 0 Å². The van der Waals surface area contributed by atoms with Gasteiger partial charge in [0.05, 0.1) is 0 Å². The molecule has 21 heavy (non-hydrogen) atoms. The summed E-state index contributed by atoms with van der Waals surface area (Å²) in [5, 5.41) is 0.201. The highest BCUT2D eigenvalue weighted by Gasteiger charge is 2.33. The van der Waals surface area contributed by atoms with Crippen LogP contribution in [0.5, 0.6) is 0 Å². The third-order valence-corrected chi connectivity index (χ3v) is 7.15. The van der Waals surface area contributed by atoms with E-state index in [1.807, 2.05) is 6.92 Å². The summed E-state index contributed by atoms with van der Waals surface area (Å²) in [4.78, 5) is -0.531. The van der Waals surface area contributed by atoms with Crippen molar-refractivity contribution in [3.63, 3.8) is 0 Å². The molecule has 0 saturated heterocycles. The topological polar surface area (TPSA) is 46.2 Å². The lowest BCUT2D eigenvalue weighted by molar-refractivity contribution is 0.529. The molecule has 0 bridgehead atoms. The molecule has 1 aromatic carbocycles. The van der Waals surface area contributed by atoms with Crippen molar-refractivity contribution < 1.29 is 17.2 Å². The Hall–Kier alpha value is -0.180. The van der Waals surface area contributed by atoms with Crippen molar-refractivity contribution in [2.24, 2.45) is 0 Å². The second kappa shape index (κ2) is 6.93. The van der Waals surface area contributed by atoms with E-state index in [2.05, 4.69) is 20.7 Å². The minimum Gasteiger partial charge on any atom is -0.207 e. The number of hydrogen-bond donors (Lipinski definition) is 1. The zero-order chi connectivity index (χ0) is 15.6. The highest BCUT2D eigenvalue weighted by atomic mass is 79.9. The van der Waals surface area contributed by atoms with Crippen molar-refractivity contribution in [3.05, 3.63) is 28.2 Å². The molecule has 1 saturated carbocycles.